The Hall–Kier alpha value is -2.04. The molecule has 0 saturated carbocycles. The highest BCUT2D eigenvalue weighted by atomic mass is 16.2. The first-order valence-corrected chi connectivity index (χ1v) is 7.02. The molecule has 1 aromatic rings. The molecule has 5 heteroatoms. The van der Waals surface area contributed by atoms with Crippen LogP contribution in [-0.2, 0) is 16.0 Å². The number of carbonyl (C=O) groups is 2. The molecule has 1 aromatic carbocycles. The molecule has 1 saturated heterocycles. The Labute approximate surface area is 118 Å². The van der Waals surface area contributed by atoms with Gasteiger partial charge in [-0.1, -0.05) is 18.2 Å². The Bertz CT molecular complexity index is 519. The van der Waals surface area contributed by atoms with Crippen LogP contribution in [0.15, 0.2) is 24.3 Å². The molecule has 5 nitrogen and oxygen atoms in total. The second kappa shape index (κ2) is 5.15. The lowest BCUT2D eigenvalue weighted by Crippen LogP contribution is -2.45. The fourth-order valence-corrected chi connectivity index (χ4v) is 2.84. The van der Waals surface area contributed by atoms with Crippen molar-refractivity contribution in [1.82, 2.24) is 9.80 Å². The molecule has 2 aliphatic rings. The summed E-state index contributed by atoms with van der Waals surface area (Å²) in [5.41, 5.74) is 2.20. The summed E-state index contributed by atoms with van der Waals surface area (Å²) >= 11 is 0. The predicted octanol–water partition coefficient (Wildman–Crippen LogP) is 0.714. The summed E-state index contributed by atoms with van der Waals surface area (Å²) in [5.74, 6) is 0.0520. The molecule has 0 radical (unpaired) electrons. The molecule has 0 bridgehead atoms. The van der Waals surface area contributed by atoms with Gasteiger partial charge in [-0.2, -0.15) is 0 Å². The number of hydrogen-bond donors (Lipinski definition) is 1. The number of nitrogens with one attached hydrogen (secondary N) is 1. The van der Waals surface area contributed by atoms with Crippen LogP contribution in [0.4, 0.5) is 5.69 Å². The SMILES string of the molecule is CN1CCCN(C(=O)C2Cc3ccccc3N2)CC1=O. The molecule has 3 rings (SSSR count). The van der Waals surface area contributed by atoms with Crippen molar-refractivity contribution in [2.45, 2.75) is 18.9 Å². The van der Waals surface area contributed by atoms with E-state index in [1.54, 1.807) is 16.8 Å². The maximum Gasteiger partial charge on any atom is 0.245 e. The quantitative estimate of drug-likeness (QED) is 0.820. The third kappa shape index (κ3) is 2.35. The predicted molar refractivity (Wildman–Crippen MR) is 76.4 cm³/mol. The molecule has 20 heavy (non-hydrogen) atoms. The Balaban J connectivity index is 1.70. The number of amides is 2. The van der Waals surface area contributed by atoms with Crippen LogP contribution in [0.25, 0.3) is 0 Å². The van der Waals surface area contributed by atoms with Gasteiger partial charge in [0.05, 0.1) is 6.54 Å². The highest BCUT2D eigenvalue weighted by Gasteiger charge is 2.32. The van der Waals surface area contributed by atoms with Gasteiger partial charge in [-0.3, -0.25) is 9.59 Å². The lowest BCUT2D eigenvalue weighted by molar-refractivity contribution is -0.138. The second-order valence-corrected chi connectivity index (χ2v) is 5.49. The molecule has 1 fully saturated rings. The second-order valence-electron chi connectivity index (χ2n) is 5.49. The molecule has 106 valence electrons. The molecule has 0 aromatic heterocycles. The van der Waals surface area contributed by atoms with Crippen LogP contribution in [-0.4, -0.2) is 54.3 Å². The summed E-state index contributed by atoms with van der Waals surface area (Å²) in [4.78, 5) is 27.8. The molecule has 0 spiro atoms. The number of hydrogen-bond acceptors (Lipinski definition) is 3. The lowest BCUT2D eigenvalue weighted by atomic mass is 10.1. The molecule has 2 aliphatic heterocycles. The highest BCUT2D eigenvalue weighted by Crippen LogP contribution is 2.26. The summed E-state index contributed by atoms with van der Waals surface area (Å²) in [6, 6.07) is 7.74. The van der Waals surface area contributed by atoms with Gasteiger partial charge in [-0.15, -0.1) is 0 Å². The van der Waals surface area contributed by atoms with E-state index in [2.05, 4.69) is 5.32 Å². The minimum Gasteiger partial charge on any atom is -0.373 e. The van der Waals surface area contributed by atoms with Crippen molar-refractivity contribution in [2.24, 2.45) is 0 Å². The summed E-state index contributed by atoms with van der Waals surface area (Å²) in [6.45, 7) is 1.58. The van der Waals surface area contributed by atoms with E-state index >= 15 is 0 Å². The number of benzene rings is 1. The van der Waals surface area contributed by atoms with Crippen LogP contribution in [0.5, 0.6) is 0 Å². The fraction of sp³-hybridized carbons (Fsp3) is 0.467. The van der Waals surface area contributed by atoms with Crippen LogP contribution in [0.1, 0.15) is 12.0 Å². The van der Waals surface area contributed by atoms with Crippen molar-refractivity contribution in [2.75, 3.05) is 32.0 Å². The summed E-state index contributed by atoms with van der Waals surface area (Å²) in [5, 5.41) is 3.26. The molecule has 2 amide bonds. The van der Waals surface area contributed by atoms with Gasteiger partial charge in [-0.25, -0.2) is 0 Å². The van der Waals surface area contributed by atoms with Gasteiger partial charge in [0, 0.05) is 32.2 Å². The number of likely N-dealkylation sites (N-methyl/N-ethyl adjacent to an activating group) is 1. The molecule has 1 N–H and O–H groups in total. The number of anilines is 1. The molecule has 2 heterocycles. The topological polar surface area (TPSA) is 52.6 Å². The standard InChI is InChI=1S/C15H19N3O2/c1-17-7-4-8-18(10-14(17)19)15(20)13-9-11-5-2-3-6-12(11)16-13/h2-3,5-6,13,16H,4,7-10H2,1H3. The minimum absolute atomic E-state index is 0.0198. The number of nitrogens with zero attached hydrogens (tertiary/aromatic N) is 2. The van der Waals surface area contributed by atoms with Crippen molar-refractivity contribution in [3.63, 3.8) is 0 Å². The van der Waals surface area contributed by atoms with Crippen LogP contribution in [0.2, 0.25) is 0 Å². The first kappa shape index (κ1) is 13.0. The summed E-state index contributed by atoms with van der Waals surface area (Å²) in [6.07, 6.45) is 1.54. The fourth-order valence-electron chi connectivity index (χ4n) is 2.84. The lowest BCUT2D eigenvalue weighted by Gasteiger charge is -2.23. The monoisotopic (exact) mass is 273 g/mol. The number of fused-ring (bicyclic) bond motifs is 1. The third-order valence-corrected chi connectivity index (χ3v) is 4.05. The van der Waals surface area contributed by atoms with Crippen LogP contribution in [0.3, 0.4) is 0 Å². The van der Waals surface area contributed by atoms with E-state index in [0.29, 0.717) is 13.0 Å². The third-order valence-electron chi connectivity index (χ3n) is 4.05. The van der Waals surface area contributed by atoms with Gasteiger partial charge >= 0.3 is 0 Å². The van der Waals surface area contributed by atoms with E-state index in [1.165, 1.54) is 5.56 Å². The van der Waals surface area contributed by atoms with E-state index in [4.69, 9.17) is 0 Å². The molecular formula is C15H19N3O2. The van der Waals surface area contributed by atoms with Gasteiger partial charge in [0.1, 0.15) is 6.04 Å². The molecule has 1 unspecified atom stereocenters. The van der Waals surface area contributed by atoms with E-state index in [-0.39, 0.29) is 24.4 Å². The van der Waals surface area contributed by atoms with Gasteiger partial charge in [0.15, 0.2) is 0 Å². The zero-order chi connectivity index (χ0) is 14.1. The Morgan fingerprint density at radius 2 is 2.10 bits per heavy atom. The summed E-state index contributed by atoms with van der Waals surface area (Å²) < 4.78 is 0. The van der Waals surface area contributed by atoms with E-state index in [0.717, 1.165) is 18.7 Å². The van der Waals surface area contributed by atoms with E-state index < -0.39 is 0 Å². The summed E-state index contributed by atoms with van der Waals surface area (Å²) in [7, 11) is 1.79. The maximum atomic E-state index is 12.6. The molecule has 1 atom stereocenters. The van der Waals surface area contributed by atoms with Gasteiger partial charge in [-0.05, 0) is 18.1 Å². The van der Waals surface area contributed by atoms with Gasteiger partial charge in [0.25, 0.3) is 0 Å². The van der Waals surface area contributed by atoms with Crippen molar-refractivity contribution in [1.29, 1.82) is 0 Å². The minimum atomic E-state index is -0.233. The zero-order valence-electron chi connectivity index (χ0n) is 11.6. The zero-order valence-corrected chi connectivity index (χ0v) is 11.6. The van der Waals surface area contributed by atoms with Crippen molar-refractivity contribution >= 4 is 17.5 Å². The largest absolute Gasteiger partial charge is 0.373 e. The van der Waals surface area contributed by atoms with Crippen molar-refractivity contribution < 1.29 is 9.59 Å². The van der Waals surface area contributed by atoms with Gasteiger partial charge < -0.3 is 15.1 Å². The molecule has 0 aliphatic carbocycles. The Kier molecular flexibility index (Phi) is 3.34. The normalized spacial score (nSPS) is 22.2. The highest BCUT2D eigenvalue weighted by molar-refractivity contribution is 5.91. The van der Waals surface area contributed by atoms with Crippen LogP contribution in [0, 0.1) is 0 Å². The average Bonchev–Trinajstić information content (AvgIpc) is 2.81. The van der Waals surface area contributed by atoms with Crippen molar-refractivity contribution in [3.8, 4) is 0 Å². The number of rotatable bonds is 1. The van der Waals surface area contributed by atoms with Crippen molar-refractivity contribution in [3.05, 3.63) is 29.8 Å². The van der Waals surface area contributed by atoms with Crippen LogP contribution >= 0.6 is 0 Å². The van der Waals surface area contributed by atoms with Crippen LogP contribution < -0.4 is 5.32 Å². The first-order valence-electron chi connectivity index (χ1n) is 7.02. The Morgan fingerprint density at radius 1 is 1.30 bits per heavy atom. The first-order chi connectivity index (χ1) is 9.65. The van der Waals surface area contributed by atoms with E-state index in [9.17, 15) is 9.59 Å². The van der Waals surface area contributed by atoms with Gasteiger partial charge in [0.2, 0.25) is 11.8 Å². The number of carbonyl (C=O) groups excluding carboxylic acids is 2. The van der Waals surface area contributed by atoms with E-state index in [1.807, 2.05) is 24.3 Å². The average molecular weight is 273 g/mol. The number of para-hydroxylation sites is 1. The maximum absolute atomic E-state index is 12.6. The smallest absolute Gasteiger partial charge is 0.245 e. The Morgan fingerprint density at radius 3 is 2.90 bits per heavy atom. The molecular weight excluding hydrogens is 254 g/mol.